The van der Waals surface area contributed by atoms with Crippen molar-refractivity contribution >= 4 is 34.2 Å². The molecule has 0 atom stereocenters. The van der Waals surface area contributed by atoms with Gasteiger partial charge in [-0.2, -0.15) is 0 Å². The van der Waals surface area contributed by atoms with E-state index >= 15 is 0 Å². The first-order valence-corrected chi connectivity index (χ1v) is 6.75. The number of carbonyl (C=O) groups excluding carboxylic acids is 1. The van der Waals surface area contributed by atoms with Crippen molar-refractivity contribution in [2.45, 2.75) is 0 Å². The molecule has 6 nitrogen and oxygen atoms in total. The van der Waals surface area contributed by atoms with Crippen LogP contribution in [0.3, 0.4) is 0 Å². The summed E-state index contributed by atoms with van der Waals surface area (Å²) >= 11 is 2.01. The number of nitro groups is 1. The zero-order chi connectivity index (χ0) is 14.6. The Labute approximate surface area is 125 Å². The maximum Gasteiger partial charge on any atom is 0.270 e. The average Bonchev–Trinajstić information content (AvgIpc) is 2.35. The highest BCUT2D eigenvalue weighted by molar-refractivity contribution is 14.1. The van der Waals surface area contributed by atoms with Gasteiger partial charge in [0, 0.05) is 35.8 Å². The molecule has 0 N–H and O–H groups in total. The molecule has 0 unspecified atom stereocenters. The Balaban J connectivity index is 2.92. The van der Waals surface area contributed by atoms with Gasteiger partial charge in [-0.1, -0.05) is 0 Å². The second-order valence-electron chi connectivity index (χ2n) is 4.45. The highest BCUT2D eigenvalue weighted by atomic mass is 127. The van der Waals surface area contributed by atoms with Crippen LogP contribution in [0.4, 0.5) is 5.69 Å². The molecule has 104 valence electrons. The molecular weight excluding hydrogens is 361 g/mol. The molecule has 7 heteroatoms. The number of hydrogen-bond donors (Lipinski definition) is 0. The SMILES string of the molecule is CN(C)CCN(C)C(=O)c1cc([N+](=O)[O-])ccc1I. The van der Waals surface area contributed by atoms with Crippen LogP contribution in [0.1, 0.15) is 10.4 Å². The Bertz CT molecular complexity index is 491. The molecule has 1 aromatic carbocycles. The quantitative estimate of drug-likeness (QED) is 0.446. The van der Waals surface area contributed by atoms with E-state index in [-0.39, 0.29) is 11.6 Å². The summed E-state index contributed by atoms with van der Waals surface area (Å²) in [6.45, 7) is 1.32. The van der Waals surface area contributed by atoms with E-state index in [1.54, 1.807) is 18.0 Å². The molecule has 0 bridgehead atoms. The van der Waals surface area contributed by atoms with E-state index in [2.05, 4.69) is 0 Å². The summed E-state index contributed by atoms with van der Waals surface area (Å²) < 4.78 is 0.713. The summed E-state index contributed by atoms with van der Waals surface area (Å²) in [4.78, 5) is 26.0. The van der Waals surface area contributed by atoms with E-state index in [4.69, 9.17) is 0 Å². The maximum atomic E-state index is 12.2. The molecule has 1 rings (SSSR count). The Hall–Kier alpha value is -1.22. The molecule has 1 aromatic rings. The first-order valence-electron chi connectivity index (χ1n) is 5.67. The second kappa shape index (κ2) is 6.80. The molecule has 0 fully saturated rings. The van der Waals surface area contributed by atoms with Crippen molar-refractivity contribution in [1.82, 2.24) is 9.80 Å². The number of carbonyl (C=O) groups is 1. The van der Waals surface area contributed by atoms with Crippen molar-refractivity contribution in [3.8, 4) is 0 Å². The largest absolute Gasteiger partial charge is 0.340 e. The minimum absolute atomic E-state index is 0.0650. The Morgan fingerprint density at radius 2 is 1.95 bits per heavy atom. The molecule has 0 saturated carbocycles. The summed E-state index contributed by atoms with van der Waals surface area (Å²) in [5.74, 6) is -0.199. The van der Waals surface area contributed by atoms with Gasteiger partial charge in [0.2, 0.25) is 0 Å². The summed E-state index contributed by atoms with van der Waals surface area (Å²) in [6.07, 6.45) is 0. The minimum Gasteiger partial charge on any atom is -0.340 e. The summed E-state index contributed by atoms with van der Waals surface area (Å²) in [7, 11) is 5.55. The van der Waals surface area contributed by atoms with Crippen LogP contribution in [0, 0.1) is 13.7 Å². The number of benzene rings is 1. The van der Waals surface area contributed by atoms with Crippen LogP contribution in [0.15, 0.2) is 18.2 Å². The van der Waals surface area contributed by atoms with Gasteiger partial charge in [0.05, 0.1) is 10.5 Å². The topological polar surface area (TPSA) is 66.7 Å². The number of likely N-dealkylation sites (N-methyl/N-ethyl adjacent to an activating group) is 2. The summed E-state index contributed by atoms with van der Waals surface area (Å²) in [6, 6.07) is 4.32. The van der Waals surface area contributed by atoms with Crippen LogP contribution in [0.25, 0.3) is 0 Å². The second-order valence-corrected chi connectivity index (χ2v) is 5.61. The fourth-order valence-corrected chi connectivity index (χ4v) is 2.01. The third kappa shape index (κ3) is 4.43. The van der Waals surface area contributed by atoms with Gasteiger partial charge in [-0.3, -0.25) is 14.9 Å². The van der Waals surface area contributed by atoms with Gasteiger partial charge in [-0.25, -0.2) is 0 Å². The number of halogens is 1. The molecule has 1 amide bonds. The van der Waals surface area contributed by atoms with Crippen LogP contribution in [0.5, 0.6) is 0 Å². The van der Waals surface area contributed by atoms with Crippen molar-refractivity contribution < 1.29 is 9.72 Å². The molecule has 0 aromatic heterocycles. The van der Waals surface area contributed by atoms with Gasteiger partial charge in [-0.15, -0.1) is 0 Å². The molecule has 0 spiro atoms. The van der Waals surface area contributed by atoms with Gasteiger partial charge >= 0.3 is 0 Å². The monoisotopic (exact) mass is 377 g/mol. The lowest BCUT2D eigenvalue weighted by Crippen LogP contribution is -2.33. The molecule has 0 radical (unpaired) electrons. The Kier molecular flexibility index (Phi) is 5.67. The van der Waals surface area contributed by atoms with Crippen LogP contribution < -0.4 is 0 Å². The fourth-order valence-electron chi connectivity index (χ4n) is 1.45. The Morgan fingerprint density at radius 1 is 1.32 bits per heavy atom. The van der Waals surface area contributed by atoms with Gasteiger partial charge in [0.1, 0.15) is 0 Å². The predicted molar refractivity (Wildman–Crippen MR) is 81.3 cm³/mol. The fraction of sp³-hybridized carbons (Fsp3) is 0.417. The molecule has 0 aliphatic heterocycles. The number of non-ortho nitro benzene ring substituents is 1. The van der Waals surface area contributed by atoms with E-state index in [1.807, 2.05) is 41.6 Å². The smallest absolute Gasteiger partial charge is 0.270 e. The molecule has 0 aliphatic carbocycles. The van der Waals surface area contributed by atoms with Crippen LogP contribution in [-0.2, 0) is 0 Å². The first-order chi connectivity index (χ1) is 8.82. The number of hydrogen-bond acceptors (Lipinski definition) is 4. The van der Waals surface area contributed by atoms with Crippen LogP contribution >= 0.6 is 22.6 Å². The average molecular weight is 377 g/mol. The highest BCUT2D eigenvalue weighted by Crippen LogP contribution is 2.20. The maximum absolute atomic E-state index is 12.2. The molecule has 0 aliphatic rings. The molecule has 19 heavy (non-hydrogen) atoms. The van der Waals surface area contributed by atoms with Crippen molar-refractivity contribution in [3.05, 3.63) is 37.4 Å². The lowest BCUT2D eigenvalue weighted by atomic mass is 10.2. The lowest BCUT2D eigenvalue weighted by Gasteiger charge is -2.20. The van der Waals surface area contributed by atoms with Crippen LogP contribution in [0.2, 0.25) is 0 Å². The number of nitro benzene ring substituents is 1. The lowest BCUT2D eigenvalue weighted by molar-refractivity contribution is -0.384. The van der Waals surface area contributed by atoms with Crippen molar-refractivity contribution in [3.63, 3.8) is 0 Å². The third-order valence-corrected chi connectivity index (χ3v) is 3.56. The zero-order valence-electron chi connectivity index (χ0n) is 11.1. The summed E-state index contributed by atoms with van der Waals surface area (Å²) in [5, 5.41) is 10.7. The van der Waals surface area contributed by atoms with Crippen molar-refractivity contribution in [1.29, 1.82) is 0 Å². The van der Waals surface area contributed by atoms with Gasteiger partial charge in [0.25, 0.3) is 11.6 Å². The molecule has 0 saturated heterocycles. The zero-order valence-corrected chi connectivity index (χ0v) is 13.2. The minimum atomic E-state index is -0.493. The molecule has 0 heterocycles. The van der Waals surface area contributed by atoms with Gasteiger partial charge < -0.3 is 9.80 Å². The number of amides is 1. The van der Waals surface area contributed by atoms with E-state index in [0.717, 1.165) is 6.54 Å². The number of nitrogens with zero attached hydrogens (tertiary/aromatic N) is 3. The summed E-state index contributed by atoms with van der Waals surface area (Å²) in [5.41, 5.74) is 0.306. The Morgan fingerprint density at radius 3 is 2.47 bits per heavy atom. The standard InChI is InChI=1S/C12H16IN3O3/c1-14(2)6-7-15(3)12(17)10-8-9(16(18)19)4-5-11(10)13/h4-5,8H,6-7H2,1-3H3. The predicted octanol–water partition coefficient (Wildman–Crippen LogP) is 1.83. The number of rotatable bonds is 5. The first kappa shape index (κ1) is 15.8. The van der Waals surface area contributed by atoms with Crippen molar-refractivity contribution in [2.24, 2.45) is 0 Å². The van der Waals surface area contributed by atoms with Crippen LogP contribution in [-0.4, -0.2) is 54.9 Å². The third-order valence-electron chi connectivity index (χ3n) is 2.62. The van der Waals surface area contributed by atoms with Crippen molar-refractivity contribution in [2.75, 3.05) is 34.2 Å². The van der Waals surface area contributed by atoms with E-state index in [0.29, 0.717) is 15.7 Å². The molecular formula is C12H16IN3O3. The normalized spacial score (nSPS) is 10.6. The van der Waals surface area contributed by atoms with E-state index in [1.165, 1.54) is 12.1 Å². The van der Waals surface area contributed by atoms with E-state index in [9.17, 15) is 14.9 Å². The van der Waals surface area contributed by atoms with Gasteiger partial charge in [-0.05, 0) is 42.8 Å². The highest BCUT2D eigenvalue weighted by Gasteiger charge is 2.18. The van der Waals surface area contributed by atoms with Gasteiger partial charge in [0.15, 0.2) is 0 Å². The van der Waals surface area contributed by atoms with E-state index < -0.39 is 4.92 Å².